The van der Waals surface area contributed by atoms with E-state index in [1.54, 1.807) is 0 Å². The Labute approximate surface area is 405 Å². The maximum Gasteiger partial charge on any atom is 0.135 e. The summed E-state index contributed by atoms with van der Waals surface area (Å²) in [5.74, 6) is 0. The molecule has 0 N–H and O–H groups in total. The highest BCUT2D eigenvalue weighted by Gasteiger charge is 2.51. The van der Waals surface area contributed by atoms with Crippen molar-refractivity contribution in [1.29, 1.82) is 0 Å². The van der Waals surface area contributed by atoms with E-state index in [4.69, 9.17) is 4.42 Å². The first-order valence-electron chi connectivity index (χ1n) is 24.2. The number of furan rings is 1. The van der Waals surface area contributed by atoms with Crippen LogP contribution in [0.4, 0.5) is 17.1 Å². The van der Waals surface area contributed by atoms with Crippen molar-refractivity contribution in [3.05, 3.63) is 277 Å². The van der Waals surface area contributed by atoms with Crippen molar-refractivity contribution < 1.29 is 4.42 Å². The molecule has 3 heterocycles. The van der Waals surface area contributed by atoms with Crippen LogP contribution in [0.1, 0.15) is 22.3 Å². The molecule has 0 amide bonds. The van der Waals surface area contributed by atoms with E-state index in [9.17, 15) is 0 Å². The molecule has 3 heteroatoms. The smallest absolute Gasteiger partial charge is 0.135 e. The van der Waals surface area contributed by atoms with Gasteiger partial charge in [0.25, 0.3) is 0 Å². The number of aromatic nitrogens is 1. The molecule has 70 heavy (non-hydrogen) atoms. The molecule has 1 atom stereocenters. The second kappa shape index (κ2) is 14.9. The van der Waals surface area contributed by atoms with Crippen LogP contribution in [0.2, 0.25) is 0 Å². The first-order valence-corrected chi connectivity index (χ1v) is 24.2. The summed E-state index contributed by atoms with van der Waals surface area (Å²) >= 11 is 0. The van der Waals surface area contributed by atoms with Crippen molar-refractivity contribution in [2.24, 2.45) is 0 Å². The number of nitrogens with zero attached hydrogens (tertiary/aromatic N) is 2. The van der Waals surface area contributed by atoms with E-state index in [1.165, 1.54) is 72.0 Å². The standard InChI is InChI=1S/C67H42N2O/c1-2-15-43(16-3-1)44-29-31-46(32-30-44)50-17-5-10-25-61(50)68(48-36-33-45(34-37-48)47-35-40-65-56(41-47)54-20-7-13-28-64(54)70-65)49-38-39-52-51-18-4-8-22-57(51)67(60(52)42-49)58-23-9-12-27-63(58)69-62-26-11-6-19-53(62)55-21-14-24-59(67)66(55)69/h1-42H. The Bertz CT molecular complexity index is 4240. The summed E-state index contributed by atoms with van der Waals surface area (Å²) in [4.78, 5) is 2.47. The highest BCUT2D eigenvalue weighted by Crippen LogP contribution is 2.62. The molecule has 1 spiro atoms. The van der Waals surface area contributed by atoms with E-state index in [2.05, 4.69) is 252 Å². The fourth-order valence-electron chi connectivity index (χ4n) is 12.2. The van der Waals surface area contributed by atoms with Gasteiger partial charge in [-0.15, -0.1) is 0 Å². The van der Waals surface area contributed by atoms with Gasteiger partial charge in [0.15, 0.2) is 0 Å². The predicted molar refractivity (Wildman–Crippen MR) is 290 cm³/mol. The van der Waals surface area contributed by atoms with Gasteiger partial charge in [-0.2, -0.15) is 0 Å². The molecule has 2 aliphatic rings. The molecule has 0 radical (unpaired) electrons. The molecule has 13 aromatic rings. The average molecular weight is 891 g/mol. The average Bonchev–Trinajstić information content (AvgIpc) is 4.09. The zero-order valence-corrected chi connectivity index (χ0v) is 38.1. The summed E-state index contributed by atoms with van der Waals surface area (Å²) in [6, 6.07) is 93.8. The van der Waals surface area contributed by atoms with Crippen molar-refractivity contribution >= 4 is 60.8 Å². The zero-order chi connectivity index (χ0) is 45.9. The topological polar surface area (TPSA) is 21.3 Å². The van der Waals surface area contributed by atoms with Crippen molar-refractivity contribution in [3.8, 4) is 50.2 Å². The van der Waals surface area contributed by atoms with Crippen molar-refractivity contribution in [1.82, 2.24) is 4.57 Å². The van der Waals surface area contributed by atoms with Crippen LogP contribution in [0, 0.1) is 0 Å². The Morgan fingerprint density at radius 2 is 0.914 bits per heavy atom. The van der Waals surface area contributed by atoms with Gasteiger partial charge in [-0.25, -0.2) is 0 Å². The van der Waals surface area contributed by atoms with Crippen LogP contribution in [0.25, 0.3) is 93.9 Å². The highest BCUT2D eigenvalue weighted by molar-refractivity contribution is 6.13. The zero-order valence-electron chi connectivity index (χ0n) is 38.1. The van der Waals surface area contributed by atoms with Crippen molar-refractivity contribution in [2.75, 3.05) is 4.90 Å². The molecular weight excluding hydrogens is 849 g/mol. The van der Waals surface area contributed by atoms with Crippen LogP contribution in [0.5, 0.6) is 0 Å². The maximum atomic E-state index is 6.22. The summed E-state index contributed by atoms with van der Waals surface area (Å²) < 4.78 is 8.74. The van der Waals surface area contributed by atoms with Crippen LogP contribution in [-0.4, -0.2) is 4.57 Å². The Hall–Kier alpha value is -9.18. The Morgan fingerprint density at radius 1 is 0.329 bits per heavy atom. The summed E-state index contributed by atoms with van der Waals surface area (Å²) in [6.45, 7) is 0. The number of hydrogen-bond acceptors (Lipinski definition) is 2. The van der Waals surface area contributed by atoms with Crippen LogP contribution >= 0.6 is 0 Å². The van der Waals surface area contributed by atoms with Crippen molar-refractivity contribution in [2.45, 2.75) is 5.41 Å². The van der Waals surface area contributed by atoms with Gasteiger partial charge < -0.3 is 13.9 Å². The largest absolute Gasteiger partial charge is 0.456 e. The van der Waals surface area contributed by atoms with Gasteiger partial charge in [-0.1, -0.05) is 194 Å². The molecule has 1 aliphatic carbocycles. The summed E-state index contributed by atoms with van der Waals surface area (Å²) in [6.07, 6.45) is 0. The van der Waals surface area contributed by atoms with Crippen molar-refractivity contribution in [3.63, 3.8) is 0 Å². The monoisotopic (exact) mass is 890 g/mol. The lowest BCUT2D eigenvalue weighted by molar-refractivity contribution is 0.669. The molecule has 0 saturated carbocycles. The molecule has 2 aromatic heterocycles. The number of rotatable bonds is 6. The third kappa shape index (κ3) is 5.46. The molecule has 1 unspecified atom stereocenters. The number of benzene rings is 11. The third-order valence-electron chi connectivity index (χ3n) is 15.2. The highest BCUT2D eigenvalue weighted by atomic mass is 16.3. The van der Waals surface area contributed by atoms with Gasteiger partial charge in [-0.3, -0.25) is 0 Å². The third-order valence-corrected chi connectivity index (χ3v) is 15.2. The predicted octanol–water partition coefficient (Wildman–Crippen LogP) is 17.8. The number of fused-ring (bicyclic) bond motifs is 15. The number of para-hydroxylation sites is 5. The van der Waals surface area contributed by atoms with Gasteiger partial charge in [0.05, 0.1) is 27.8 Å². The number of anilines is 3. The van der Waals surface area contributed by atoms with Gasteiger partial charge in [0.2, 0.25) is 0 Å². The fourth-order valence-corrected chi connectivity index (χ4v) is 12.2. The lowest BCUT2D eigenvalue weighted by atomic mass is 9.65. The first kappa shape index (κ1) is 38.9. The Balaban J connectivity index is 0.956. The minimum atomic E-state index is -0.583. The van der Waals surface area contributed by atoms with E-state index in [0.717, 1.165) is 61.3 Å². The van der Waals surface area contributed by atoms with E-state index in [0.29, 0.717) is 0 Å². The first-order chi connectivity index (χ1) is 34.7. The van der Waals surface area contributed by atoms with E-state index in [1.807, 2.05) is 12.1 Å². The van der Waals surface area contributed by atoms with Gasteiger partial charge in [-0.05, 0) is 122 Å². The molecular formula is C67H42N2O. The normalized spacial score (nSPS) is 14.3. The van der Waals surface area contributed by atoms with Gasteiger partial charge in [0, 0.05) is 38.5 Å². The molecule has 326 valence electrons. The van der Waals surface area contributed by atoms with Gasteiger partial charge in [0.1, 0.15) is 11.2 Å². The molecule has 0 fully saturated rings. The maximum absolute atomic E-state index is 6.22. The number of hydrogen-bond donors (Lipinski definition) is 0. The second-order valence-corrected chi connectivity index (χ2v) is 18.7. The van der Waals surface area contributed by atoms with E-state index >= 15 is 0 Å². The van der Waals surface area contributed by atoms with Crippen LogP contribution in [0.3, 0.4) is 0 Å². The summed E-state index contributed by atoms with van der Waals surface area (Å²) in [7, 11) is 0. The SMILES string of the molecule is c1ccc(-c2ccc(-c3ccccc3N(c3ccc(-c4ccc5oc6ccccc6c5c4)cc3)c3ccc4c(c3)C3(c5ccccc5-4)c4ccccc4-n4c5ccccc5c5cccc3c54)cc2)cc1. The molecule has 11 aromatic carbocycles. The molecule has 0 bridgehead atoms. The Kier molecular flexibility index (Phi) is 8.28. The quantitative estimate of drug-likeness (QED) is 0.166. The fraction of sp³-hybridized carbons (Fsp3) is 0.0149. The van der Waals surface area contributed by atoms with E-state index in [-0.39, 0.29) is 0 Å². The second-order valence-electron chi connectivity index (χ2n) is 18.7. The lowest BCUT2D eigenvalue weighted by Gasteiger charge is -2.40. The molecule has 0 saturated heterocycles. The van der Waals surface area contributed by atoms with Crippen LogP contribution in [-0.2, 0) is 5.41 Å². The minimum absolute atomic E-state index is 0.583. The van der Waals surface area contributed by atoms with Gasteiger partial charge >= 0.3 is 0 Å². The van der Waals surface area contributed by atoms with Crippen LogP contribution in [0.15, 0.2) is 259 Å². The molecule has 3 nitrogen and oxygen atoms in total. The minimum Gasteiger partial charge on any atom is -0.456 e. The Morgan fingerprint density at radius 3 is 1.79 bits per heavy atom. The van der Waals surface area contributed by atoms with Crippen LogP contribution < -0.4 is 4.90 Å². The molecule has 1 aliphatic heterocycles. The summed E-state index contributed by atoms with van der Waals surface area (Å²) in [5.41, 5.74) is 22.9. The summed E-state index contributed by atoms with van der Waals surface area (Å²) in [5, 5.41) is 4.80. The molecule has 15 rings (SSSR count). The lowest BCUT2D eigenvalue weighted by Crippen LogP contribution is -2.33. The van der Waals surface area contributed by atoms with E-state index < -0.39 is 5.41 Å².